The van der Waals surface area contributed by atoms with Crippen LogP contribution in [-0.2, 0) is 19.7 Å². The highest BCUT2D eigenvalue weighted by Gasteiger charge is 2.49. The summed E-state index contributed by atoms with van der Waals surface area (Å²) in [6.07, 6.45) is 2.91. The molecule has 1 aliphatic heterocycles. The number of benzene rings is 2. The highest BCUT2D eigenvalue weighted by atomic mass is 79.9. The van der Waals surface area contributed by atoms with Gasteiger partial charge in [0.1, 0.15) is 4.90 Å². The molecule has 0 atom stereocenters. The number of rotatable bonds is 6. The predicted octanol–water partition coefficient (Wildman–Crippen LogP) is 8.38. The Morgan fingerprint density at radius 3 is 1.90 bits per heavy atom. The maximum atomic E-state index is 14.1. The maximum absolute atomic E-state index is 14.1. The zero-order valence-electron chi connectivity index (χ0n) is 24.9. The van der Waals surface area contributed by atoms with Crippen LogP contribution in [0.15, 0.2) is 72.8 Å². The van der Waals surface area contributed by atoms with Crippen molar-refractivity contribution in [1.29, 1.82) is 0 Å². The fraction of sp³-hybridized carbons (Fsp3) is 0.455. The van der Waals surface area contributed by atoms with E-state index >= 15 is 0 Å². The Morgan fingerprint density at radius 1 is 0.881 bits per heavy atom. The molecule has 9 heteroatoms. The monoisotopic (exact) mass is 717 g/mol. The first-order valence-electron chi connectivity index (χ1n) is 14.3. The second-order valence-corrected chi connectivity index (χ2v) is 16.7. The third kappa shape index (κ3) is 5.81. The third-order valence-corrected chi connectivity index (χ3v) is 10.6. The van der Waals surface area contributed by atoms with Gasteiger partial charge in [-0.15, -0.1) is 0 Å². The molecule has 224 valence electrons. The van der Waals surface area contributed by atoms with Crippen LogP contribution >= 0.6 is 31.9 Å². The summed E-state index contributed by atoms with van der Waals surface area (Å²) in [7, 11) is -4.23. The lowest BCUT2D eigenvalue weighted by Gasteiger charge is -2.49. The van der Waals surface area contributed by atoms with Gasteiger partial charge in [-0.05, 0) is 77.2 Å². The van der Waals surface area contributed by atoms with E-state index in [9.17, 15) is 18.0 Å². The van der Waals surface area contributed by atoms with E-state index in [1.807, 2.05) is 6.92 Å². The van der Waals surface area contributed by atoms with Crippen LogP contribution < -0.4 is 4.18 Å². The van der Waals surface area contributed by atoms with Gasteiger partial charge in [-0.2, -0.15) is 8.42 Å². The summed E-state index contributed by atoms with van der Waals surface area (Å²) < 4.78 is 34.1. The normalized spacial score (nSPS) is 20.5. The number of ketones is 2. The van der Waals surface area contributed by atoms with E-state index in [2.05, 4.69) is 71.4 Å². The van der Waals surface area contributed by atoms with Gasteiger partial charge in [0.05, 0.1) is 4.47 Å². The molecule has 2 aromatic carbocycles. The molecule has 0 N–H and O–H groups in total. The van der Waals surface area contributed by atoms with Gasteiger partial charge in [0, 0.05) is 57.9 Å². The Bertz CT molecular complexity index is 1600. The van der Waals surface area contributed by atoms with E-state index in [0.29, 0.717) is 57.9 Å². The van der Waals surface area contributed by atoms with E-state index in [-0.39, 0.29) is 33.0 Å². The number of Topliss-reactive ketones (excluding diaryl/α,β-unsaturated/α-hetero) is 2. The number of aryl methyl sites for hydroxylation is 1. The topological polar surface area (TPSA) is 80.8 Å². The van der Waals surface area contributed by atoms with E-state index in [4.69, 9.17) is 4.18 Å². The van der Waals surface area contributed by atoms with Crippen LogP contribution in [0, 0.1) is 17.8 Å². The molecule has 0 aromatic heterocycles. The molecule has 0 amide bonds. The molecule has 0 fully saturated rings. The molecule has 5 rings (SSSR count). The smallest absolute Gasteiger partial charge is 0.339 e. The molecule has 2 aromatic rings. The summed E-state index contributed by atoms with van der Waals surface area (Å²) in [4.78, 5) is 30.5. The standard InChI is InChI=1S/C33H37Br2NO5S/c1-7-12-36-24-15-32(3,4)17-26(37)29(24)28(30-25(36)16-33(5,6)18-27(30)38)22-13-20(34)14-23(35)31(22)41-42(39,40)21-10-8-19(2)9-11-21/h8-11,13-14,28H,7,12,15-18H2,1-6H3. The SMILES string of the molecule is CCCN1C2=C(C(=O)CC(C)(C)C2)C(c2cc(Br)cc(Br)c2OS(=O)(=O)c2ccc(C)cc2)C2=C1CC(C)(C)CC2=O. The van der Waals surface area contributed by atoms with Crippen molar-refractivity contribution in [3.8, 4) is 5.75 Å². The fourth-order valence-corrected chi connectivity index (χ4v) is 9.02. The molecule has 6 nitrogen and oxygen atoms in total. The zero-order valence-corrected chi connectivity index (χ0v) is 28.9. The minimum absolute atomic E-state index is 0.0139. The second kappa shape index (κ2) is 11.0. The number of nitrogens with zero attached hydrogens (tertiary/aromatic N) is 1. The van der Waals surface area contributed by atoms with Crippen LogP contribution in [0.2, 0.25) is 0 Å². The summed E-state index contributed by atoms with van der Waals surface area (Å²) in [5.74, 6) is -0.686. The largest absolute Gasteiger partial charge is 0.377 e. The number of hydrogen-bond donors (Lipinski definition) is 0. The highest BCUT2D eigenvalue weighted by Crippen LogP contribution is 2.56. The lowest BCUT2D eigenvalue weighted by molar-refractivity contribution is -0.119. The van der Waals surface area contributed by atoms with Gasteiger partial charge in [0.2, 0.25) is 0 Å². The molecule has 0 saturated carbocycles. The molecule has 1 heterocycles. The van der Waals surface area contributed by atoms with Gasteiger partial charge in [-0.1, -0.05) is 68.2 Å². The quantitative estimate of drug-likeness (QED) is 0.279. The van der Waals surface area contributed by atoms with Crippen LogP contribution in [0.4, 0.5) is 0 Å². The third-order valence-electron chi connectivity index (χ3n) is 8.32. The van der Waals surface area contributed by atoms with Gasteiger partial charge in [0.25, 0.3) is 0 Å². The summed E-state index contributed by atoms with van der Waals surface area (Å²) in [6, 6.07) is 9.98. The molecule has 0 saturated heterocycles. The molecule has 0 radical (unpaired) electrons. The number of halogens is 2. The predicted molar refractivity (Wildman–Crippen MR) is 171 cm³/mol. The van der Waals surface area contributed by atoms with Crippen LogP contribution in [-0.4, -0.2) is 31.4 Å². The van der Waals surface area contributed by atoms with Crippen molar-refractivity contribution in [2.24, 2.45) is 10.8 Å². The molecule has 0 unspecified atom stereocenters. The first-order chi connectivity index (χ1) is 19.5. The van der Waals surface area contributed by atoms with Crippen LogP contribution in [0.3, 0.4) is 0 Å². The van der Waals surface area contributed by atoms with Gasteiger partial charge >= 0.3 is 10.1 Å². The number of allylic oxidation sites excluding steroid dienone is 4. The maximum Gasteiger partial charge on any atom is 0.339 e. The lowest BCUT2D eigenvalue weighted by Crippen LogP contribution is -2.44. The van der Waals surface area contributed by atoms with E-state index in [1.54, 1.807) is 24.3 Å². The summed E-state index contributed by atoms with van der Waals surface area (Å²) in [5, 5.41) is 0. The number of carbonyl (C=O) groups is 2. The first kappa shape index (κ1) is 31.2. The van der Waals surface area contributed by atoms with Gasteiger partial charge in [-0.25, -0.2) is 0 Å². The van der Waals surface area contributed by atoms with E-state index in [0.717, 1.165) is 23.4 Å². The molecular weight excluding hydrogens is 682 g/mol. The molecular formula is C33H37Br2NO5S. The van der Waals surface area contributed by atoms with Crippen molar-refractivity contribution < 1.29 is 22.2 Å². The Morgan fingerprint density at radius 2 is 1.40 bits per heavy atom. The van der Waals surface area contributed by atoms with Crippen molar-refractivity contribution >= 4 is 53.5 Å². The Balaban J connectivity index is 1.79. The van der Waals surface area contributed by atoms with Gasteiger partial charge < -0.3 is 9.08 Å². The molecule has 42 heavy (non-hydrogen) atoms. The number of hydrogen-bond acceptors (Lipinski definition) is 6. The highest BCUT2D eigenvalue weighted by molar-refractivity contribution is 9.11. The summed E-state index contributed by atoms with van der Waals surface area (Å²) in [5.41, 5.74) is 3.95. The average molecular weight is 720 g/mol. The lowest BCUT2D eigenvalue weighted by atomic mass is 9.63. The minimum Gasteiger partial charge on any atom is -0.377 e. The van der Waals surface area contributed by atoms with Crippen molar-refractivity contribution in [2.45, 2.75) is 84.5 Å². The molecule has 2 aliphatic carbocycles. The average Bonchev–Trinajstić information content (AvgIpc) is 2.85. The van der Waals surface area contributed by atoms with Crippen molar-refractivity contribution in [3.63, 3.8) is 0 Å². The Hall–Kier alpha value is -2.23. The number of carbonyl (C=O) groups excluding carboxylic acids is 2. The summed E-state index contributed by atoms with van der Waals surface area (Å²) in [6.45, 7) is 13.1. The van der Waals surface area contributed by atoms with Crippen LogP contribution in [0.25, 0.3) is 0 Å². The minimum atomic E-state index is -4.23. The first-order valence-corrected chi connectivity index (χ1v) is 17.3. The van der Waals surface area contributed by atoms with Crippen molar-refractivity contribution in [3.05, 3.63) is 79.0 Å². The van der Waals surface area contributed by atoms with Gasteiger partial charge in [0.15, 0.2) is 17.3 Å². The summed E-state index contributed by atoms with van der Waals surface area (Å²) >= 11 is 7.13. The van der Waals surface area contributed by atoms with Crippen molar-refractivity contribution in [1.82, 2.24) is 4.90 Å². The molecule has 3 aliphatic rings. The van der Waals surface area contributed by atoms with Crippen LogP contribution in [0.1, 0.15) is 83.8 Å². The molecule has 0 bridgehead atoms. The van der Waals surface area contributed by atoms with E-state index < -0.39 is 16.0 Å². The second-order valence-electron chi connectivity index (χ2n) is 13.3. The fourth-order valence-electron chi connectivity index (χ4n) is 6.60. The molecule has 0 spiro atoms. The van der Waals surface area contributed by atoms with Crippen molar-refractivity contribution in [2.75, 3.05) is 6.54 Å². The Kier molecular flexibility index (Phi) is 8.20. The van der Waals surface area contributed by atoms with E-state index in [1.165, 1.54) is 12.1 Å². The zero-order chi connectivity index (χ0) is 30.8. The van der Waals surface area contributed by atoms with Crippen LogP contribution in [0.5, 0.6) is 5.75 Å². The Labute approximate surface area is 266 Å². The van der Waals surface area contributed by atoms with Gasteiger partial charge in [-0.3, -0.25) is 9.59 Å².